The Kier molecular flexibility index (Phi) is 2.30. The van der Waals surface area contributed by atoms with Crippen molar-refractivity contribution < 1.29 is 4.74 Å². The minimum Gasteiger partial charge on any atom is -0.383 e. The Balaban J connectivity index is 2.25. The average molecular weight is 256 g/mol. The van der Waals surface area contributed by atoms with Gasteiger partial charge >= 0.3 is 5.69 Å². The van der Waals surface area contributed by atoms with E-state index in [-0.39, 0.29) is 11.0 Å². The second-order valence-corrected chi connectivity index (χ2v) is 6.22. The molecular weight excluding hydrogens is 248 g/mol. The molecule has 0 atom stereocenters. The van der Waals surface area contributed by atoms with Crippen molar-refractivity contribution in [3.8, 4) is 0 Å². The van der Waals surface area contributed by atoms with E-state index in [0.29, 0.717) is 24.0 Å². The first-order valence-electron chi connectivity index (χ1n) is 4.82. The van der Waals surface area contributed by atoms with Crippen molar-refractivity contribution in [2.24, 2.45) is 0 Å². The van der Waals surface area contributed by atoms with Crippen LogP contribution in [0, 0.1) is 0 Å². The molecule has 1 saturated heterocycles. The van der Waals surface area contributed by atoms with Gasteiger partial charge in [0.2, 0.25) is 14.2 Å². The van der Waals surface area contributed by atoms with Gasteiger partial charge in [0.15, 0.2) is 5.65 Å². The minimum absolute atomic E-state index is 0.147. The minimum atomic E-state index is -1.02. The molecule has 0 bridgehead atoms. The largest absolute Gasteiger partial charge is 0.383 e. The zero-order chi connectivity index (χ0) is 11.1. The molecule has 83 valence electrons. The highest BCUT2D eigenvalue weighted by Gasteiger charge is 2.25. The molecule has 3 heterocycles. The zero-order valence-electron chi connectivity index (χ0n) is 8.23. The van der Waals surface area contributed by atoms with Crippen molar-refractivity contribution in [1.82, 2.24) is 19.2 Å². The monoisotopic (exact) mass is 255 g/mol. The molecule has 2 aromatic heterocycles. The number of nitrogens with zero attached hydrogens (tertiary/aromatic N) is 3. The quantitative estimate of drug-likeness (QED) is 0.583. The normalized spacial score (nSPS) is 17.3. The molecular formula is C8H8ClN4O2Si. The molecule has 1 radical (unpaired) electrons. The molecule has 0 aromatic carbocycles. The number of nitrogens with one attached hydrogen (secondary N) is 1. The van der Waals surface area contributed by atoms with Crippen LogP contribution in [0.4, 0.5) is 0 Å². The van der Waals surface area contributed by atoms with E-state index in [1.165, 1.54) is 6.20 Å². The third-order valence-corrected chi connectivity index (χ3v) is 5.06. The topological polar surface area (TPSA) is 72.8 Å². The Morgan fingerprint density at radius 3 is 3.25 bits per heavy atom. The van der Waals surface area contributed by atoms with Gasteiger partial charge in [-0.1, -0.05) is 0 Å². The molecule has 0 saturated carbocycles. The van der Waals surface area contributed by atoms with Gasteiger partial charge in [0.05, 0.1) is 12.4 Å². The summed E-state index contributed by atoms with van der Waals surface area (Å²) in [5.41, 5.74) is 1.06. The summed E-state index contributed by atoms with van der Waals surface area (Å²) in [6.07, 6.45) is 2.17. The van der Waals surface area contributed by atoms with Crippen LogP contribution in [-0.4, -0.2) is 41.0 Å². The van der Waals surface area contributed by atoms with Crippen LogP contribution in [-0.2, 0) is 4.74 Å². The van der Waals surface area contributed by atoms with Crippen molar-refractivity contribution in [2.75, 3.05) is 12.8 Å². The number of imidazole rings is 1. The highest BCUT2D eigenvalue weighted by atomic mass is 35.5. The van der Waals surface area contributed by atoms with Crippen molar-refractivity contribution in [2.45, 2.75) is 6.04 Å². The van der Waals surface area contributed by atoms with Gasteiger partial charge in [-0.2, -0.15) is 4.98 Å². The first-order valence-corrected chi connectivity index (χ1v) is 7.06. The summed E-state index contributed by atoms with van der Waals surface area (Å²) in [5, 5.41) is 0.154. The van der Waals surface area contributed by atoms with Crippen molar-refractivity contribution in [1.29, 1.82) is 0 Å². The predicted octanol–water partition coefficient (Wildman–Crippen LogP) is 0.182. The number of hydrogen-bond donors (Lipinski definition) is 1. The third kappa shape index (κ3) is 1.48. The summed E-state index contributed by atoms with van der Waals surface area (Å²) in [5.74, 6) is 0. The lowest BCUT2D eigenvalue weighted by atomic mass is 10.6. The van der Waals surface area contributed by atoms with Crippen LogP contribution in [0.3, 0.4) is 0 Å². The van der Waals surface area contributed by atoms with E-state index in [4.69, 9.17) is 16.3 Å². The number of fused-ring (bicyclic) bond motifs is 1. The van der Waals surface area contributed by atoms with E-state index in [1.54, 1.807) is 4.23 Å². The maximum Gasteiger partial charge on any atom is 0.319 e. The number of aromatic nitrogens is 4. The molecule has 0 aliphatic carbocycles. The number of aromatic amines is 1. The lowest BCUT2D eigenvalue weighted by Gasteiger charge is -2.05. The molecule has 16 heavy (non-hydrogen) atoms. The smallest absolute Gasteiger partial charge is 0.319 e. The fourth-order valence-electron chi connectivity index (χ4n) is 1.80. The Labute approximate surface area is 96.9 Å². The Morgan fingerprint density at radius 1 is 1.62 bits per heavy atom. The van der Waals surface area contributed by atoms with E-state index in [0.717, 1.165) is 6.04 Å². The standard InChI is InChI=1S/C8H8ClN4O2Si/c9-7-10-3-5-6(12-7)13(8(14)11-5)16-2-1-15-4-16/h3H,1-2,4H2,(H,11,14). The molecule has 0 unspecified atom stereocenters. The summed E-state index contributed by atoms with van der Waals surface area (Å²) in [6.45, 7) is 0.715. The van der Waals surface area contributed by atoms with Crippen LogP contribution in [0.2, 0.25) is 11.3 Å². The molecule has 3 rings (SSSR count). The fraction of sp³-hybridized carbons (Fsp3) is 0.375. The first kappa shape index (κ1) is 10.0. The Bertz CT molecular complexity index is 589. The Morgan fingerprint density at radius 2 is 2.50 bits per heavy atom. The summed E-state index contributed by atoms with van der Waals surface area (Å²) < 4.78 is 7.01. The molecule has 1 N–H and O–H groups in total. The van der Waals surface area contributed by atoms with E-state index >= 15 is 0 Å². The average Bonchev–Trinajstić information content (AvgIpc) is 2.83. The van der Waals surface area contributed by atoms with Gasteiger partial charge < -0.3 is 14.0 Å². The van der Waals surface area contributed by atoms with Crippen LogP contribution < -0.4 is 5.69 Å². The highest BCUT2D eigenvalue weighted by Crippen LogP contribution is 2.13. The summed E-state index contributed by atoms with van der Waals surface area (Å²) in [6, 6.07) is 0.916. The van der Waals surface area contributed by atoms with Crippen LogP contribution >= 0.6 is 11.6 Å². The number of hydrogen-bond acceptors (Lipinski definition) is 4. The summed E-state index contributed by atoms with van der Waals surface area (Å²) in [4.78, 5) is 22.5. The number of H-pyrrole nitrogens is 1. The molecule has 8 heteroatoms. The van der Waals surface area contributed by atoms with E-state index < -0.39 is 8.96 Å². The van der Waals surface area contributed by atoms with Gasteiger partial charge in [0, 0.05) is 6.61 Å². The molecule has 0 amide bonds. The second kappa shape index (κ2) is 3.69. The third-order valence-electron chi connectivity index (χ3n) is 2.52. The predicted molar refractivity (Wildman–Crippen MR) is 59.9 cm³/mol. The molecule has 1 aliphatic rings. The molecule has 2 aromatic rings. The zero-order valence-corrected chi connectivity index (χ0v) is 9.99. The van der Waals surface area contributed by atoms with Gasteiger partial charge in [-0.15, -0.1) is 0 Å². The van der Waals surface area contributed by atoms with Gasteiger partial charge in [0.1, 0.15) is 5.52 Å². The lowest BCUT2D eigenvalue weighted by molar-refractivity contribution is 0.213. The van der Waals surface area contributed by atoms with E-state index in [2.05, 4.69) is 15.0 Å². The maximum absolute atomic E-state index is 11.8. The van der Waals surface area contributed by atoms with Gasteiger partial charge in [-0.25, -0.2) is 9.78 Å². The molecule has 1 fully saturated rings. The van der Waals surface area contributed by atoms with Gasteiger partial charge in [0.25, 0.3) is 0 Å². The number of rotatable bonds is 1. The lowest BCUT2D eigenvalue weighted by Crippen LogP contribution is -2.34. The first-order chi connectivity index (χ1) is 7.75. The number of ether oxygens (including phenoxy) is 1. The van der Waals surface area contributed by atoms with E-state index in [9.17, 15) is 4.79 Å². The van der Waals surface area contributed by atoms with E-state index in [1.807, 2.05) is 0 Å². The summed E-state index contributed by atoms with van der Waals surface area (Å²) in [7, 11) is -1.02. The number of halogens is 1. The van der Waals surface area contributed by atoms with Gasteiger partial charge in [-0.05, 0) is 17.6 Å². The van der Waals surface area contributed by atoms with Crippen LogP contribution in [0.25, 0.3) is 11.2 Å². The maximum atomic E-state index is 11.8. The SMILES string of the molecule is O=c1[nH]c2cnc(Cl)nc2n1[Si]1CCOC1. The molecule has 1 aliphatic heterocycles. The summed E-state index contributed by atoms with van der Waals surface area (Å²) >= 11 is 5.74. The molecule has 6 nitrogen and oxygen atoms in total. The van der Waals surface area contributed by atoms with Crippen molar-refractivity contribution >= 4 is 31.7 Å². The van der Waals surface area contributed by atoms with Crippen molar-refractivity contribution in [3.05, 3.63) is 22.0 Å². The Hall–Kier alpha value is -1.18. The highest BCUT2D eigenvalue weighted by molar-refractivity contribution is 6.58. The van der Waals surface area contributed by atoms with Gasteiger partial charge in [-0.3, -0.25) is 0 Å². The molecule has 0 spiro atoms. The van der Waals surface area contributed by atoms with Crippen LogP contribution in [0.15, 0.2) is 11.0 Å². The fourth-order valence-corrected chi connectivity index (χ4v) is 4.00. The van der Waals surface area contributed by atoms with Crippen LogP contribution in [0.5, 0.6) is 0 Å². The van der Waals surface area contributed by atoms with Crippen molar-refractivity contribution in [3.63, 3.8) is 0 Å². The van der Waals surface area contributed by atoms with Crippen LogP contribution in [0.1, 0.15) is 0 Å². The second-order valence-electron chi connectivity index (χ2n) is 3.51.